The van der Waals surface area contributed by atoms with E-state index < -0.39 is 0 Å². The highest BCUT2D eigenvalue weighted by Crippen LogP contribution is 2.29. The SMILES string of the molecule is CCN(c1ccc(F)cc1)c1nc(C)cc(C)c1C(N)=S. The quantitative estimate of drug-likeness (QED) is 0.876. The Morgan fingerprint density at radius 3 is 2.43 bits per heavy atom. The summed E-state index contributed by atoms with van der Waals surface area (Å²) in [5.41, 5.74) is 9.37. The highest BCUT2D eigenvalue weighted by atomic mass is 32.1. The van der Waals surface area contributed by atoms with E-state index >= 15 is 0 Å². The lowest BCUT2D eigenvalue weighted by Crippen LogP contribution is -2.24. The van der Waals surface area contributed by atoms with Gasteiger partial charge in [0.25, 0.3) is 0 Å². The number of hydrogen-bond acceptors (Lipinski definition) is 3. The number of halogens is 1. The summed E-state index contributed by atoms with van der Waals surface area (Å²) in [5, 5.41) is 0. The average molecular weight is 303 g/mol. The molecule has 0 spiro atoms. The average Bonchev–Trinajstić information content (AvgIpc) is 2.40. The van der Waals surface area contributed by atoms with E-state index in [0.717, 1.165) is 22.5 Å². The largest absolute Gasteiger partial charge is 0.389 e. The van der Waals surface area contributed by atoms with Crippen molar-refractivity contribution in [2.24, 2.45) is 5.73 Å². The Labute approximate surface area is 129 Å². The third-order valence-corrected chi connectivity index (χ3v) is 3.49. The van der Waals surface area contributed by atoms with Crippen molar-refractivity contribution < 1.29 is 4.39 Å². The first-order chi connectivity index (χ1) is 9.93. The summed E-state index contributed by atoms with van der Waals surface area (Å²) in [7, 11) is 0. The van der Waals surface area contributed by atoms with Gasteiger partial charge in [0.1, 0.15) is 16.6 Å². The molecule has 0 amide bonds. The molecular formula is C16H18FN3S. The molecule has 1 heterocycles. The van der Waals surface area contributed by atoms with Crippen LogP contribution < -0.4 is 10.6 Å². The summed E-state index contributed by atoms with van der Waals surface area (Å²) in [4.78, 5) is 6.89. The summed E-state index contributed by atoms with van der Waals surface area (Å²) in [6, 6.07) is 8.27. The molecule has 5 heteroatoms. The third-order valence-electron chi connectivity index (χ3n) is 3.28. The van der Waals surface area contributed by atoms with Crippen LogP contribution in [0, 0.1) is 19.7 Å². The Balaban J connectivity index is 2.61. The van der Waals surface area contributed by atoms with Crippen molar-refractivity contribution >= 4 is 28.7 Å². The van der Waals surface area contributed by atoms with Crippen molar-refractivity contribution in [1.82, 2.24) is 4.98 Å². The molecule has 0 aliphatic heterocycles. The van der Waals surface area contributed by atoms with Gasteiger partial charge in [0.15, 0.2) is 0 Å². The normalized spacial score (nSPS) is 10.5. The number of nitrogens with zero attached hydrogens (tertiary/aromatic N) is 2. The van der Waals surface area contributed by atoms with Gasteiger partial charge < -0.3 is 10.6 Å². The Morgan fingerprint density at radius 2 is 1.90 bits per heavy atom. The van der Waals surface area contributed by atoms with Gasteiger partial charge >= 0.3 is 0 Å². The van der Waals surface area contributed by atoms with E-state index in [2.05, 4.69) is 4.98 Å². The molecule has 1 aromatic carbocycles. The smallest absolute Gasteiger partial charge is 0.143 e. The van der Waals surface area contributed by atoms with E-state index in [0.29, 0.717) is 17.4 Å². The van der Waals surface area contributed by atoms with Crippen molar-refractivity contribution in [3.8, 4) is 0 Å². The zero-order valence-electron chi connectivity index (χ0n) is 12.4. The minimum absolute atomic E-state index is 0.266. The molecule has 1 aromatic heterocycles. The lowest BCUT2D eigenvalue weighted by Gasteiger charge is -2.25. The fourth-order valence-electron chi connectivity index (χ4n) is 2.39. The van der Waals surface area contributed by atoms with E-state index in [1.54, 1.807) is 12.1 Å². The van der Waals surface area contributed by atoms with Gasteiger partial charge in [-0.3, -0.25) is 0 Å². The third kappa shape index (κ3) is 3.19. The van der Waals surface area contributed by atoms with Gasteiger partial charge in [-0.05, 0) is 56.7 Å². The van der Waals surface area contributed by atoms with Gasteiger partial charge in [-0.2, -0.15) is 0 Å². The minimum atomic E-state index is -0.266. The molecule has 0 radical (unpaired) electrons. The van der Waals surface area contributed by atoms with Gasteiger partial charge in [0, 0.05) is 17.9 Å². The summed E-state index contributed by atoms with van der Waals surface area (Å²) >= 11 is 5.17. The van der Waals surface area contributed by atoms with E-state index in [1.165, 1.54) is 12.1 Å². The van der Waals surface area contributed by atoms with Crippen LogP contribution in [0.3, 0.4) is 0 Å². The van der Waals surface area contributed by atoms with Crippen LogP contribution >= 0.6 is 12.2 Å². The molecule has 0 aliphatic rings. The number of nitrogens with two attached hydrogens (primary N) is 1. The Morgan fingerprint density at radius 1 is 1.29 bits per heavy atom. The van der Waals surface area contributed by atoms with Crippen LogP contribution in [-0.2, 0) is 0 Å². The van der Waals surface area contributed by atoms with Crippen LogP contribution in [-0.4, -0.2) is 16.5 Å². The molecule has 0 atom stereocenters. The second-order valence-corrected chi connectivity index (χ2v) is 5.30. The maximum absolute atomic E-state index is 13.1. The molecule has 2 N–H and O–H groups in total. The van der Waals surface area contributed by atoms with Crippen molar-refractivity contribution in [3.05, 3.63) is 53.0 Å². The van der Waals surface area contributed by atoms with Crippen LogP contribution in [0.5, 0.6) is 0 Å². The minimum Gasteiger partial charge on any atom is -0.389 e. The predicted octanol–water partition coefficient (Wildman–Crippen LogP) is 3.63. The van der Waals surface area contributed by atoms with Crippen LogP contribution in [0.1, 0.15) is 23.7 Å². The standard InChI is InChI=1S/C16H18FN3S/c1-4-20(13-7-5-12(17)6-8-13)16-14(15(18)21)10(2)9-11(3)19-16/h5-9H,4H2,1-3H3,(H2,18,21). The highest BCUT2D eigenvalue weighted by Gasteiger charge is 2.18. The molecule has 110 valence electrons. The van der Waals surface area contributed by atoms with Crippen LogP contribution in [0.4, 0.5) is 15.9 Å². The summed E-state index contributed by atoms with van der Waals surface area (Å²) in [6.45, 7) is 6.58. The zero-order chi connectivity index (χ0) is 15.6. The fourth-order valence-corrected chi connectivity index (χ4v) is 2.64. The molecule has 3 nitrogen and oxygen atoms in total. The van der Waals surface area contributed by atoms with Crippen molar-refractivity contribution in [2.45, 2.75) is 20.8 Å². The first kappa shape index (κ1) is 15.4. The summed E-state index contributed by atoms with van der Waals surface area (Å²) in [5.74, 6) is 0.451. The van der Waals surface area contributed by atoms with Gasteiger partial charge in [0.05, 0.1) is 5.56 Å². The monoisotopic (exact) mass is 303 g/mol. The fraction of sp³-hybridized carbons (Fsp3) is 0.250. The Bertz CT molecular complexity index is 668. The lowest BCUT2D eigenvalue weighted by atomic mass is 10.1. The molecular weight excluding hydrogens is 285 g/mol. The second kappa shape index (κ2) is 6.18. The second-order valence-electron chi connectivity index (χ2n) is 4.86. The number of pyridine rings is 1. The molecule has 0 saturated heterocycles. The predicted molar refractivity (Wildman–Crippen MR) is 88.7 cm³/mol. The highest BCUT2D eigenvalue weighted by molar-refractivity contribution is 7.80. The Hall–Kier alpha value is -2.01. The Kier molecular flexibility index (Phi) is 4.53. The molecule has 0 saturated carbocycles. The van der Waals surface area contributed by atoms with Crippen molar-refractivity contribution in [3.63, 3.8) is 0 Å². The molecule has 2 rings (SSSR count). The zero-order valence-corrected chi connectivity index (χ0v) is 13.2. The number of hydrogen-bond donors (Lipinski definition) is 1. The number of aromatic nitrogens is 1. The molecule has 0 fully saturated rings. The molecule has 0 unspecified atom stereocenters. The first-order valence-corrected chi connectivity index (χ1v) is 7.16. The van der Waals surface area contributed by atoms with E-state index in [9.17, 15) is 4.39 Å². The maximum Gasteiger partial charge on any atom is 0.143 e. The summed E-state index contributed by atoms with van der Waals surface area (Å²) in [6.07, 6.45) is 0. The topological polar surface area (TPSA) is 42.2 Å². The number of benzene rings is 1. The first-order valence-electron chi connectivity index (χ1n) is 6.75. The van der Waals surface area contributed by atoms with Crippen molar-refractivity contribution in [2.75, 3.05) is 11.4 Å². The molecule has 21 heavy (non-hydrogen) atoms. The van der Waals surface area contributed by atoms with Crippen LogP contribution in [0.2, 0.25) is 0 Å². The lowest BCUT2D eigenvalue weighted by molar-refractivity contribution is 0.627. The van der Waals surface area contributed by atoms with Gasteiger partial charge in [0.2, 0.25) is 0 Å². The number of anilines is 2. The van der Waals surface area contributed by atoms with E-state index in [4.69, 9.17) is 18.0 Å². The van der Waals surface area contributed by atoms with Gasteiger partial charge in [-0.15, -0.1) is 0 Å². The number of thiocarbonyl (C=S) groups is 1. The van der Waals surface area contributed by atoms with Crippen LogP contribution in [0.15, 0.2) is 30.3 Å². The maximum atomic E-state index is 13.1. The molecule has 0 aliphatic carbocycles. The van der Waals surface area contributed by atoms with Gasteiger partial charge in [-0.25, -0.2) is 9.37 Å². The molecule has 2 aromatic rings. The molecule has 0 bridgehead atoms. The van der Waals surface area contributed by atoms with Gasteiger partial charge in [-0.1, -0.05) is 12.2 Å². The van der Waals surface area contributed by atoms with E-state index in [-0.39, 0.29) is 5.82 Å². The van der Waals surface area contributed by atoms with Crippen molar-refractivity contribution in [1.29, 1.82) is 0 Å². The number of aryl methyl sites for hydroxylation is 2. The summed E-state index contributed by atoms with van der Waals surface area (Å²) < 4.78 is 13.1. The number of rotatable bonds is 4. The van der Waals surface area contributed by atoms with E-state index in [1.807, 2.05) is 31.7 Å². The van der Waals surface area contributed by atoms with Crippen LogP contribution in [0.25, 0.3) is 0 Å².